The fourth-order valence-corrected chi connectivity index (χ4v) is 6.63. The van der Waals surface area contributed by atoms with Crippen LogP contribution in [-0.2, 0) is 26.2 Å². The number of hydrogen-bond acceptors (Lipinski definition) is 7. The third-order valence-electron chi connectivity index (χ3n) is 4.95. The standard InChI is InChI=1S/C21H19F3N4O2S3/c1-11(2)9-28-18-15(17(29)27(3)20(28)30)16(33-19-26-25-10-31-19)14(32-18)8-12-6-4-5-7-13(12)21(22,23)24/h4-7,10-11H,8-9H2,1-3H3. The van der Waals surface area contributed by atoms with Crippen molar-refractivity contribution in [2.75, 3.05) is 0 Å². The average Bonchev–Trinajstić information content (AvgIpc) is 3.38. The number of aromatic nitrogens is 4. The Morgan fingerprint density at radius 3 is 2.55 bits per heavy atom. The average molecular weight is 513 g/mol. The largest absolute Gasteiger partial charge is 0.416 e. The first-order chi connectivity index (χ1) is 15.6. The third kappa shape index (κ3) is 4.64. The Hall–Kier alpha value is -2.44. The number of hydrogen-bond donors (Lipinski definition) is 0. The topological polar surface area (TPSA) is 69.8 Å². The van der Waals surface area contributed by atoms with Gasteiger partial charge in [0, 0.05) is 29.8 Å². The lowest BCUT2D eigenvalue weighted by Gasteiger charge is -2.12. The Labute approximate surface area is 198 Å². The van der Waals surface area contributed by atoms with Crippen LogP contribution in [0.4, 0.5) is 13.2 Å². The molecule has 0 fully saturated rings. The van der Waals surface area contributed by atoms with E-state index in [1.165, 1.54) is 58.2 Å². The second-order valence-corrected chi connectivity index (χ2v) is 11.0. The minimum atomic E-state index is -4.50. The van der Waals surface area contributed by atoms with Crippen LogP contribution in [-0.4, -0.2) is 19.3 Å². The van der Waals surface area contributed by atoms with E-state index < -0.39 is 23.0 Å². The van der Waals surface area contributed by atoms with Gasteiger partial charge in [-0.3, -0.25) is 13.9 Å². The summed E-state index contributed by atoms with van der Waals surface area (Å²) >= 11 is 3.64. The van der Waals surface area contributed by atoms with Crippen LogP contribution in [0, 0.1) is 5.92 Å². The SMILES string of the molecule is CC(C)Cn1c(=O)n(C)c(=O)c2c(Sc3nncs3)c(Cc3ccccc3C(F)(F)F)sc21. The van der Waals surface area contributed by atoms with E-state index in [1.807, 2.05) is 13.8 Å². The van der Waals surface area contributed by atoms with E-state index in [-0.39, 0.29) is 17.9 Å². The number of fused-ring (bicyclic) bond motifs is 1. The van der Waals surface area contributed by atoms with Crippen molar-refractivity contribution in [2.45, 2.75) is 42.2 Å². The van der Waals surface area contributed by atoms with Gasteiger partial charge < -0.3 is 0 Å². The molecule has 4 aromatic rings. The summed E-state index contributed by atoms with van der Waals surface area (Å²) < 4.78 is 44.0. The molecule has 0 saturated heterocycles. The minimum absolute atomic E-state index is 0.0325. The van der Waals surface area contributed by atoms with Crippen LogP contribution in [0.3, 0.4) is 0 Å². The normalized spacial score (nSPS) is 12.2. The summed E-state index contributed by atoms with van der Waals surface area (Å²) in [6.07, 6.45) is -4.54. The summed E-state index contributed by atoms with van der Waals surface area (Å²) in [4.78, 5) is 27.6. The molecule has 0 aliphatic rings. The van der Waals surface area contributed by atoms with Crippen molar-refractivity contribution in [3.63, 3.8) is 0 Å². The summed E-state index contributed by atoms with van der Waals surface area (Å²) in [7, 11) is 1.41. The quantitative estimate of drug-likeness (QED) is 0.363. The molecular formula is C21H19F3N4O2S3. The third-order valence-corrected chi connectivity index (χ3v) is 8.22. The number of alkyl halides is 3. The van der Waals surface area contributed by atoms with E-state index in [0.717, 1.165) is 10.6 Å². The maximum atomic E-state index is 13.6. The van der Waals surface area contributed by atoms with Crippen molar-refractivity contribution in [3.8, 4) is 0 Å². The van der Waals surface area contributed by atoms with Gasteiger partial charge in [-0.2, -0.15) is 13.2 Å². The van der Waals surface area contributed by atoms with Crippen LogP contribution < -0.4 is 11.2 Å². The van der Waals surface area contributed by atoms with Crippen molar-refractivity contribution in [1.29, 1.82) is 0 Å². The maximum Gasteiger partial charge on any atom is 0.416 e. The fraction of sp³-hybridized carbons (Fsp3) is 0.333. The number of halogens is 3. The van der Waals surface area contributed by atoms with E-state index in [0.29, 0.717) is 30.9 Å². The molecule has 0 aliphatic heterocycles. The Morgan fingerprint density at radius 1 is 1.18 bits per heavy atom. The van der Waals surface area contributed by atoms with E-state index >= 15 is 0 Å². The lowest BCUT2D eigenvalue weighted by molar-refractivity contribution is -0.138. The molecule has 3 aromatic heterocycles. The van der Waals surface area contributed by atoms with Gasteiger partial charge >= 0.3 is 11.9 Å². The zero-order valence-electron chi connectivity index (χ0n) is 17.8. The van der Waals surface area contributed by atoms with E-state index in [4.69, 9.17) is 0 Å². The molecule has 0 spiro atoms. The van der Waals surface area contributed by atoms with Crippen LogP contribution in [0.15, 0.2) is 48.6 Å². The number of rotatable bonds is 6. The Morgan fingerprint density at radius 2 is 1.91 bits per heavy atom. The van der Waals surface area contributed by atoms with Crippen molar-refractivity contribution in [3.05, 3.63) is 66.6 Å². The molecule has 6 nitrogen and oxygen atoms in total. The van der Waals surface area contributed by atoms with Gasteiger partial charge in [-0.1, -0.05) is 55.1 Å². The van der Waals surface area contributed by atoms with Crippen molar-refractivity contribution in [2.24, 2.45) is 13.0 Å². The molecule has 0 saturated carbocycles. The first-order valence-corrected chi connectivity index (χ1v) is 12.4. The predicted molar refractivity (Wildman–Crippen MR) is 124 cm³/mol. The highest BCUT2D eigenvalue weighted by atomic mass is 32.2. The molecule has 3 heterocycles. The van der Waals surface area contributed by atoms with Crippen LogP contribution >= 0.6 is 34.4 Å². The van der Waals surface area contributed by atoms with Gasteiger partial charge in [0.05, 0.1) is 10.9 Å². The van der Waals surface area contributed by atoms with Gasteiger partial charge in [0.1, 0.15) is 10.3 Å². The highest BCUT2D eigenvalue weighted by Crippen LogP contribution is 2.42. The van der Waals surface area contributed by atoms with E-state index in [1.54, 1.807) is 11.6 Å². The first-order valence-electron chi connectivity index (χ1n) is 9.92. The predicted octanol–water partition coefficient (Wildman–Crippen LogP) is 5.03. The molecule has 0 aliphatic carbocycles. The van der Waals surface area contributed by atoms with Crippen LogP contribution in [0.2, 0.25) is 0 Å². The smallest absolute Gasteiger partial charge is 0.284 e. The Balaban J connectivity index is 1.99. The zero-order chi connectivity index (χ0) is 23.9. The van der Waals surface area contributed by atoms with Gasteiger partial charge in [0.25, 0.3) is 5.56 Å². The molecule has 12 heteroatoms. The van der Waals surface area contributed by atoms with Crippen LogP contribution in [0.5, 0.6) is 0 Å². The van der Waals surface area contributed by atoms with Crippen LogP contribution in [0.25, 0.3) is 10.2 Å². The summed E-state index contributed by atoms with van der Waals surface area (Å²) in [6.45, 7) is 4.29. The number of benzene rings is 1. The summed E-state index contributed by atoms with van der Waals surface area (Å²) in [6, 6.07) is 5.40. The van der Waals surface area contributed by atoms with Crippen molar-refractivity contribution in [1.82, 2.24) is 19.3 Å². The zero-order valence-corrected chi connectivity index (χ0v) is 20.3. The summed E-state index contributed by atoms with van der Waals surface area (Å²) in [5.41, 5.74) is 0.000289. The Kier molecular flexibility index (Phi) is 6.52. The van der Waals surface area contributed by atoms with Crippen LogP contribution in [0.1, 0.15) is 29.9 Å². The minimum Gasteiger partial charge on any atom is -0.284 e. The Bertz CT molecular complexity index is 1420. The van der Waals surface area contributed by atoms with Gasteiger partial charge in [-0.05, 0) is 17.5 Å². The molecule has 1 aromatic carbocycles. The van der Waals surface area contributed by atoms with Gasteiger partial charge in [-0.25, -0.2) is 4.79 Å². The van der Waals surface area contributed by atoms with E-state index in [9.17, 15) is 22.8 Å². The second-order valence-electron chi connectivity index (χ2n) is 7.82. The monoisotopic (exact) mass is 512 g/mol. The number of thiophene rings is 1. The molecule has 0 atom stereocenters. The molecule has 174 valence electrons. The lowest BCUT2D eigenvalue weighted by Crippen LogP contribution is -2.38. The van der Waals surface area contributed by atoms with E-state index in [2.05, 4.69) is 10.2 Å². The highest BCUT2D eigenvalue weighted by Gasteiger charge is 2.33. The molecule has 4 rings (SSSR count). The van der Waals surface area contributed by atoms with Gasteiger partial charge in [0.2, 0.25) is 0 Å². The van der Waals surface area contributed by atoms with Crippen molar-refractivity contribution >= 4 is 44.7 Å². The summed E-state index contributed by atoms with van der Waals surface area (Å²) in [5, 5.41) is 8.16. The highest BCUT2D eigenvalue weighted by molar-refractivity contribution is 8.01. The summed E-state index contributed by atoms with van der Waals surface area (Å²) in [5.74, 6) is 0.124. The lowest BCUT2D eigenvalue weighted by atomic mass is 10.0. The fourth-order valence-electron chi connectivity index (χ4n) is 3.52. The molecule has 0 radical (unpaired) electrons. The number of nitrogens with zero attached hydrogens (tertiary/aromatic N) is 4. The molecular weight excluding hydrogens is 493 g/mol. The molecule has 0 amide bonds. The first kappa shape index (κ1) is 23.7. The van der Waals surface area contributed by atoms with Crippen molar-refractivity contribution < 1.29 is 13.2 Å². The molecule has 33 heavy (non-hydrogen) atoms. The molecule has 0 bridgehead atoms. The van der Waals surface area contributed by atoms with Gasteiger partial charge in [-0.15, -0.1) is 21.5 Å². The molecule has 0 unspecified atom stereocenters. The maximum absolute atomic E-state index is 13.6. The van der Waals surface area contributed by atoms with Gasteiger partial charge in [0.15, 0.2) is 4.34 Å². The molecule has 0 N–H and O–H groups in total. The second kappa shape index (κ2) is 9.07.